The molecule has 29 heavy (non-hydrogen) atoms. The number of anilines is 1. The molecule has 1 fully saturated rings. The largest absolute Gasteiger partial charge is 0.456 e. The van der Waals surface area contributed by atoms with Crippen LogP contribution in [0.1, 0.15) is 51.4 Å². The molecule has 0 heterocycles. The monoisotopic (exact) mass is 414 g/mol. The lowest BCUT2D eigenvalue weighted by molar-refractivity contribution is -0.148. The van der Waals surface area contributed by atoms with Crippen molar-refractivity contribution in [3.63, 3.8) is 0 Å². The SMILES string of the molecule is O=C(COC(=O)CCCC1CCCCC1)NCC(=O)Nc1ccc(F)c(F)c1F. The van der Waals surface area contributed by atoms with Crippen molar-refractivity contribution in [1.29, 1.82) is 0 Å². The maximum absolute atomic E-state index is 13.5. The van der Waals surface area contributed by atoms with Crippen molar-refractivity contribution in [2.24, 2.45) is 5.92 Å². The first kappa shape index (κ1) is 22.7. The maximum atomic E-state index is 13.5. The lowest BCUT2D eigenvalue weighted by Crippen LogP contribution is -2.35. The van der Waals surface area contributed by atoms with Gasteiger partial charge in [0.1, 0.15) is 0 Å². The first-order valence-corrected chi connectivity index (χ1v) is 9.72. The van der Waals surface area contributed by atoms with Gasteiger partial charge in [0, 0.05) is 6.42 Å². The average Bonchev–Trinajstić information content (AvgIpc) is 2.72. The molecule has 0 aromatic heterocycles. The number of esters is 1. The average molecular weight is 414 g/mol. The summed E-state index contributed by atoms with van der Waals surface area (Å²) in [5, 5.41) is 4.21. The molecule has 160 valence electrons. The fraction of sp³-hybridized carbons (Fsp3) is 0.550. The maximum Gasteiger partial charge on any atom is 0.306 e. The fourth-order valence-electron chi connectivity index (χ4n) is 3.28. The van der Waals surface area contributed by atoms with Gasteiger partial charge < -0.3 is 15.4 Å². The minimum atomic E-state index is -1.71. The predicted octanol–water partition coefficient (Wildman–Crippen LogP) is 3.45. The number of hydrogen-bond donors (Lipinski definition) is 2. The van der Waals surface area contributed by atoms with Crippen LogP contribution >= 0.6 is 0 Å². The van der Waals surface area contributed by atoms with Crippen LogP contribution in [-0.2, 0) is 19.1 Å². The Labute approximate surface area is 167 Å². The van der Waals surface area contributed by atoms with Gasteiger partial charge in [-0.25, -0.2) is 13.2 Å². The van der Waals surface area contributed by atoms with Gasteiger partial charge in [0.2, 0.25) is 5.91 Å². The molecular weight excluding hydrogens is 389 g/mol. The van der Waals surface area contributed by atoms with Gasteiger partial charge in [-0.3, -0.25) is 14.4 Å². The van der Waals surface area contributed by atoms with E-state index < -0.39 is 54.1 Å². The molecule has 0 aliphatic heterocycles. The Morgan fingerprint density at radius 1 is 1.00 bits per heavy atom. The zero-order valence-electron chi connectivity index (χ0n) is 16.1. The van der Waals surface area contributed by atoms with Crippen LogP contribution in [0, 0.1) is 23.4 Å². The Morgan fingerprint density at radius 3 is 2.45 bits per heavy atom. The van der Waals surface area contributed by atoms with Crippen molar-refractivity contribution < 1.29 is 32.3 Å². The van der Waals surface area contributed by atoms with Crippen LogP contribution in [-0.4, -0.2) is 30.9 Å². The molecule has 1 aromatic carbocycles. The Balaban J connectivity index is 1.60. The van der Waals surface area contributed by atoms with E-state index in [1.54, 1.807) is 0 Å². The summed E-state index contributed by atoms with van der Waals surface area (Å²) in [5.41, 5.74) is -0.549. The number of halogens is 3. The summed E-state index contributed by atoms with van der Waals surface area (Å²) in [6.45, 7) is -1.08. The Kier molecular flexibility index (Phi) is 8.95. The fourth-order valence-corrected chi connectivity index (χ4v) is 3.28. The molecule has 1 aliphatic carbocycles. The third kappa shape index (κ3) is 7.75. The Hall–Kier alpha value is -2.58. The minimum absolute atomic E-state index is 0.236. The molecule has 0 radical (unpaired) electrons. The van der Waals surface area contributed by atoms with Crippen molar-refractivity contribution in [1.82, 2.24) is 5.32 Å². The summed E-state index contributed by atoms with van der Waals surface area (Å²) in [4.78, 5) is 35.0. The number of rotatable bonds is 9. The zero-order chi connectivity index (χ0) is 21.2. The first-order valence-electron chi connectivity index (χ1n) is 9.72. The summed E-state index contributed by atoms with van der Waals surface area (Å²) >= 11 is 0. The van der Waals surface area contributed by atoms with Crippen molar-refractivity contribution >= 4 is 23.5 Å². The second kappa shape index (κ2) is 11.4. The molecule has 0 unspecified atom stereocenters. The summed E-state index contributed by atoms with van der Waals surface area (Å²) < 4.78 is 44.3. The number of benzene rings is 1. The van der Waals surface area contributed by atoms with Gasteiger partial charge in [0.15, 0.2) is 24.1 Å². The Bertz CT molecular complexity index is 737. The van der Waals surface area contributed by atoms with Crippen LogP contribution in [0.4, 0.5) is 18.9 Å². The number of carbonyl (C=O) groups excluding carboxylic acids is 3. The normalized spacial score (nSPS) is 14.3. The van der Waals surface area contributed by atoms with Crippen molar-refractivity contribution in [3.05, 3.63) is 29.6 Å². The van der Waals surface area contributed by atoms with Gasteiger partial charge in [0.05, 0.1) is 12.2 Å². The molecule has 2 N–H and O–H groups in total. The van der Waals surface area contributed by atoms with Gasteiger partial charge in [0.25, 0.3) is 5.91 Å². The molecule has 0 saturated heterocycles. The number of carbonyl (C=O) groups is 3. The van der Waals surface area contributed by atoms with Crippen LogP contribution in [0.3, 0.4) is 0 Å². The van der Waals surface area contributed by atoms with Gasteiger partial charge in [-0.15, -0.1) is 0 Å². The second-order valence-corrected chi connectivity index (χ2v) is 7.10. The van der Waals surface area contributed by atoms with Gasteiger partial charge in [-0.2, -0.15) is 0 Å². The van der Waals surface area contributed by atoms with Crippen molar-refractivity contribution in [2.45, 2.75) is 51.4 Å². The lowest BCUT2D eigenvalue weighted by Gasteiger charge is -2.20. The molecule has 1 saturated carbocycles. The number of nitrogens with one attached hydrogen (secondary N) is 2. The Morgan fingerprint density at radius 2 is 1.72 bits per heavy atom. The van der Waals surface area contributed by atoms with Gasteiger partial charge in [-0.05, 0) is 30.9 Å². The van der Waals surface area contributed by atoms with Crippen LogP contribution in [0.25, 0.3) is 0 Å². The van der Waals surface area contributed by atoms with Crippen molar-refractivity contribution in [2.75, 3.05) is 18.5 Å². The summed E-state index contributed by atoms with van der Waals surface area (Å²) in [6.07, 6.45) is 8.09. The van der Waals surface area contributed by atoms with E-state index in [1.165, 1.54) is 32.1 Å². The van der Waals surface area contributed by atoms with E-state index in [2.05, 4.69) is 5.32 Å². The number of amides is 2. The standard InChI is InChI=1S/C20H25F3N2O4/c21-14-9-10-15(20(23)19(14)22)25-16(26)11-24-17(27)12-29-18(28)8-4-7-13-5-2-1-3-6-13/h9-10,13H,1-8,11-12H2,(H,24,27)(H,25,26). The highest BCUT2D eigenvalue weighted by molar-refractivity contribution is 5.94. The van der Waals surface area contributed by atoms with E-state index in [0.29, 0.717) is 18.4 Å². The van der Waals surface area contributed by atoms with Crippen LogP contribution in [0.2, 0.25) is 0 Å². The third-order valence-corrected chi connectivity index (χ3v) is 4.84. The highest BCUT2D eigenvalue weighted by Gasteiger charge is 2.16. The van der Waals surface area contributed by atoms with E-state index in [4.69, 9.17) is 4.74 Å². The van der Waals surface area contributed by atoms with Crippen LogP contribution in [0.5, 0.6) is 0 Å². The molecule has 0 atom stereocenters. The smallest absolute Gasteiger partial charge is 0.306 e. The topological polar surface area (TPSA) is 84.5 Å². The van der Waals surface area contributed by atoms with E-state index in [9.17, 15) is 27.6 Å². The summed E-state index contributed by atoms with van der Waals surface area (Å²) in [6, 6.07) is 1.53. The van der Waals surface area contributed by atoms with Crippen LogP contribution in [0.15, 0.2) is 12.1 Å². The molecule has 0 spiro atoms. The molecule has 0 bridgehead atoms. The molecule has 2 rings (SSSR count). The summed E-state index contributed by atoms with van der Waals surface area (Å²) in [5.74, 6) is -5.99. The van der Waals surface area contributed by atoms with E-state index in [0.717, 1.165) is 12.5 Å². The zero-order valence-corrected chi connectivity index (χ0v) is 16.1. The van der Waals surface area contributed by atoms with Gasteiger partial charge in [-0.1, -0.05) is 32.1 Å². The lowest BCUT2D eigenvalue weighted by atomic mass is 9.86. The number of ether oxygens (including phenoxy) is 1. The molecule has 1 aromatic rings. The molecule has 2 amide bonds. The number of hydrogen-bond acceptors (Lipinski definition) is 4. The first-order chi connectivity index (χ1) is 13.9. The van der Waals surface area contributed by atoms with E-state index in [1.807, 2.05) is 5.32 Å². The third-order valence-electron chi connectivity index (χ3n) is 4.84. The predicted molar refractivity (Wildman–Crippen MR) is 99.3 cm³/mol. The highest BCUT2D eigenvalue weighted by atomic mass is 19.2. The quantitative estimate of drug-likeness (QED) is 0.479. The van der Waals surface area contributed by atoms with E-state index >= 15 is 0 Å². The second-order valence-electron chi connectivity index (χ2n) is 7.10. The molecule has 9 heteroatoms. The van der Waals surface area contributed by atoms with Crippen molar-refractivity contribution in [3.8, 4) is 0 Å². The highest BCUT2D eigenvalue weighted by Crippen LogP contribution is 2.27. The molecular formula is C20H25F3N2O4. The summed E-state index contributed by atoms with van der Waals surface area (Å²) in [7, 11) is 0. The minimum Gasteiger partial charge on any atom is -0.456 e. The van der Waals surface area contributed by atoms with E-state index in [-0.39, 0.29) is 6.42 Å². The molecule has 6 nitrogen and oxygen atoms in total. The van der Waals surface area contributed by atoms with Gasteiger partial charge >= 0.3 is 5.97 Å². The van der Waals surface area contributed by atoms with Crippen LogP contribution < -0.4 is 10.6 Å². The molecule has 1 aliphatic rings.